The minimum Gasteiger partial charge on any atom is -0.493 e. The normalized spacial score (nSPS) is 30.8. The summed E-state index contributed by atoms with van der Waals surface area (Å²) in [6.07, 6.45) is 6.00. The van der Waals surface area contributed by atoms with Crippen molar-refractivity contribution in [3.63, 3.8) is 0 Å². The summed E-state index contributed by atoms with van der Waals surface area (Å²) in [6.45, 7) is 6.25. The SMILES string of the molecule is COc1cnn(C(C)C)c1C1(O)CCN2CCCCC21. The Morgan fingerprint density at radius 2 is 2.20 bits per heavy atom. The predicted octanol–water partition coefficient (Wildman–Crippen LogP) is 1.92. The molecule has 5 nitrogen and oxygen atoms in total. The first-order chi connectivity index (χ1) is 9.58. The van der Waals surface area contributed by atoms with Crippen LogP contribution in [-0.2, 0) is 5.60 Å². The third-order valence-electron chi connectivity index (χ3n) is 4.83. The van der Waals surface area contributed by atoms with Gasteiger partial charge in [-0.05, 0) is 39.7 Å². The van der Waals surface area contributed by atoms with Crippen LogP contribution < -0.4 is 4.74 Å². The van der Waals surface area contributed by atoms with Gasteiger partial charge in [-0.3, -0.25) is 9.58 Å². The zero-order valence-corrected chi connectivity index (χ0v) is 12.7. The van der Waals surface area contributed by atoms with Crippen molar-refractivity contribution in [2.24, 2.45) is 0 Å². The standard InChI is InChI=1S/C15H25N3O2/c1-11(2)18-14(12(20-3)10-16-18)15(19)7-9-17-8-5-4-6-13(15)17/h10-11,13,19H,4-9H2,1-3H3. The number of aromatic nitrogens is 2. The summed E-state index contributed by atoms with van der Waals surface area (Å²) in [5, 5.41) is 15.8. The molecular formula is C15H25N3O2. The van der Waals surface area contributed by atoms with Gasteiger partial charge in [0.05, 0.1) is 13.3 Å². The molecule has 2 saturated heterocycles. The molecule has 0 saturated carbocycles. The van der Waals surface area contributed by atoms with Gasteiger partial charge in [0.15, 0.2) is 5.75 Å². The van der Waals surface area contributed by atoms with E-state index in [2.05, 4.69) is 23.8 Å². The number of ether oxygens (including phenoxy) is 1. The van der Waals surface area contributed by atoms with Crippen LogP contribution in [0.4, 0.5) is 0 Å². The summed E-state index contributed by atoms with van der Waals surface area (Å²) in [4.78, 5) is 2.43. The lowest BCUT2D eigenvalue weighted by Gasteiger charge is -2.38. The van der Waals surface area contributed by atoms with E-state index >= 15 is 0 Å². The highest BCUT2D eigenvalue weighted by molar-refractivity contribution is 5.34. The Labute approximate surface area is 120 Å². The minimum atomic E-state index is -0.827. The lowest BCUT2D eigenvalue weighted by atomic mass is 9.85. The summed E-state index contributed by atoms with van der Waals surface area (Å²) in [6, 6.07) is 0.426. The molecule has 0 aromatic carbocycles. The van der Waals surface area contributed by atoms with Gasteiger partial charge < -0.3 is 9.84 Å². The lowest BCUT2D eigenvalue weighted by molar-refractivity contribution is -0.0232. The highest BCUT2D eigenvalue weighted by Gasteiger charge is 2.51. The fraction of sp³-hybridized carbons (Fsp3) is 0.800. The molecule has 3 rings (SSSR count). The first-order valence-corrected chi connectivity index (χ1v) is 7.66. The van der Waals surface area contributed by atoms with Crippen LogP contribution in [0.2, 0.25) is 0 Å². The molecule has 2 unspecified atom stereocenters. The summed E-state index contributed by atoms with van der Waals surface area (Å²) < 4.78 is 7.40. The molecule has 0 radical (unpaired) electrons. The molecule has 0 spiro atoms. The summed E-state index contributed by atoms with van der Waals surface area (Å²) >= 11 is 0. The smallest absolute Gasteiger partial charge is 0.163 e. The predicted molar refractivity (Wildman–Crippen MR) is 76.9 cm³/mol. The number of piperidine rings is 1. The van der Waals surface area contributed by atoms with E-state index in [-0.39, 0.29) is 12.1 Å². The van der Waals surface area contributed by atoms with E-state index < -0.39 is 5.60 Å². The molecule has 20 heavy (non-hydrogen) atoms. The van der Waals surface area contributed by atoms with E-state index in [0.29, 0.717) is 5.75 Å². The molecule has 2 aliphatic heterocycles. The third-order valence-corrected chi connectivity index (χ3v) is 4.83. The van der Waals surface area contributed by atoms with Gasteiger partial charge in [-0.25, -0.2) is 0 Å². The van der Waals surface area contributed by atoms with Crippen molar-refractivity contribution in [2.45, 2.75) is 57.2 Å². The fourth-order valence-corrected chi connectivity index (χ4v) is 3.86. The summed E-state index contributed by atoms with van der Waals surface area (Å²) in [5.74, 6) is 0.716. The number of rotatable bonds is 3. The van der Waals surface area contributed by atoms with E-state index in [9.17, 15) is 5.11 Å². The Kier molecular flexibility index (Phi) is 3.50. The van der Waals surface area contributed by atoms with E-state index in [1.165, 1.54) is 12.8 Å². The van der Waals surface area contributed by atoms with E-state index in [0.717, 1.165) is 31.6 Å². The molecule has 3 heterocycles. The molecule has 112 valence electrons. The number of fused-ring (bicyclic) bond motifs is 1. The second kappa shape index (κ2) is 5.04. The van der Waals surface area contributed by atoms with E-state index in [1.54, 1.807) is 13.3 Å². The molecule has 0 amide bonds. The second-order valence-electron chi connectivity index (χ2n) is 6.32. The molecule has 0 aliphatic carbocycles. The van der Waals surface area contributed by atoms with Crippen molar-refractivity contribution in [3.05, 3.63) is 11.9 Å². The van der Waals surface area contributed by atoms with Crippen LogP contribution >= 0.6 is 0 Å². The monoisotopic (exact) mass is 279 g/mol. The summed E-state index contributed by atoms with van der Waals surface area (Å²) in [5.41, 5.74) is 0.0383. The molecule has 1 N–H and O–H groups in total. The number of hydrogen-bond donors (Lipinski definition) is 1. The molecule has 1 aromatic heterocycles. The van der Waals surface area contributed by atoms with Crippen LogP contribution in [0, 0.1) is 0 Å². The fourth-order valence-electron chi connectivity index (χ4n) is 3.86. The van der Waals surface area contributed by atoms with Gasteiger partial charge in [-0.15, -0.1) is 0 Å². The van der Waals surface area contributed by atoms with Gasteiger partial charge in [0, 0.05) is 18.6 Å². The molecule has 2 fully saturated rings. The first kappa shape index (κ1) is 13.9. The molecule has 2 atom stereocenters. The Morgan fingerprint density at radius 1 is 1.40 bits per heavy atom. The van der Waals surface area contributed by atoms with Crippen LogP contribution in [0.3, 0.4) is 0 Å². The topological polar surface area (TPSA) is 50.5 Å². The van der Waals surface area contributed by atoms with Crippen molar-refractivity contribution in [1.82, 2.24) is 14.7 Å². The number of methoxy groups -OCH3 is 1. The molecule has 1 aromatic rings. The maximum absolute atomic E-state index is 11.4. The van der Waals surface area contributed by atoms with E-state index in [1.807, 2.05) is 4.68 Å². The van der Waals surface area contributed by atoms with Crippen molar-refractivity contribution >= 4 is 0 Å². The van der Waals surface area contributed by atoms with Crippen molar-refractivity contribution in [2.75, 3.05) is 20.2 Å². The molecular weight excluding hydrogens is 254 g/mol. The second-order valence-corrected chi connectivity index (χ2v) is 6.32. The van der Waals surface area contributed by atoms with Gasteiger partial charge in [0.2, 0.25) is 0 Å². The van der Waals surface area contributed by atoms with E-state index in [4.69, 9.17) is 4.74 Å². The largest absolute Gasteiger partial charge is 0.493 e. The zero-order valence-electron chi connectivity index (χ0n) is 12.7. The Balaban J connectivity index is 2.04. The number of aliphatic hydroxyl groups is 1. The van der Waals surface area contributed by atoms with Crippen LogP contribution in [-0.4, -0.2) is 46.0 Å². The maximum Gasteiger partial charge on any atom is 0.163 e. The van der Waals surface area contributed by atoms with Crippen molar-refractivity contribution in [1.29, 1.82) is 0 Å². The van der Waals surface area contributed by atoms with Crippen molar-refractivity contribution < 1.29 is 9.84 Å². The third kappa shape index (κ3) is 1.95. The number of nitrogens with zero attached hydrogens (tertiary/aromatic N) is 3. The van der Waals surface area contributed by atoms with Crippen LogP contribution in [0.25, 0.3) is 0 Å². The number of hydrogen-bond acceptors (Lipinski definition) is 4. The Hall–Kier alpha value is -1.07. The highest BCUT2D eigenvalue weighted by Crippen LogP contribution is 2.45. The molecule has 0 bridgehead atoms. The van der Waals surface area contributed by atoms with Gasteiger partial charge >= 0.3 is 0 Å². The maximum atomic E-state index is 11.4. The lowest BCUT2D eigenvalue weighted by Crippen LogP contribution is -2.46. The highest BCUT2D eigenvalue weighted by atomic mass is 16.5. The quantitative estimate of drug-likeness (QED) is 0.918. The van der Waals surface area contributed by atoms with Crippen LogP contribution in [0.15, 0.2) is 6.20 Å². The first-order valence-electron chi connectivity index (χ1n) is 7.66. The van der Waals surface area contributed by atoms with Crippen LogP contribution in [0.1, 0.15) is 51.3 Å². The Bertz CT molecular complexity index is 485. The zero-order chi connectivity index (χ0) is 14.3. The van der Waals surface area contributed by atoms with Gasteiger partial charge in [-0.1, -0.05) is 6.42 Å². The van der Waals surface area contributed by atoms with Crippen LogP contribution in [0.5, 0.6) is 5.75 Å². The van der Waals surface area contributed by atoms with Gasteiger partial charge in [-0.2, -0.15) is 5.10 Å². The Morgan fingerprint density at radius 3 is 2.90 bits per heavy atom. The minimum absolute atomic E-state index is 0.208. The average Bonchev–Trinajstić information content (AvgIpc) is 3.02. The van der Waals surface area contributed by atoms with Crippen molar-refractivity contribution in [3.8, 4) is 5.75 Å². The summed E-state index contributed by atoms with van der Waals surface area (Å²) in [7, 11) is 1.65. The van der Waals surface area contributed by atoms with Gasteiger partial charge in [0.25, 0.3) is 0 Å². The molecule has 5 heteroatoms. The van der Waals surface area contributed by atoms with Gasteiger partial charge in [0.1, 0.15) is 11.3 Å². The molecule has 2 aliphatic rings. The average molecular weight is 279 g/mol.